The van der Waals surface area contributed by atoms with Gasteiger partial charge in [0.2, 0.25) is 0 Å². The number of rotatable bonds is 4. The van der Waals surface area contributed by atoms with E-state index >= 15 is 0 Å². The van der Waals surface area contributed by atoms with Crippen LogP contribution in [0.25, 0.3) is 0 Å². The van der Waals surface area contributed by atoms with Crippen LogP contribution in [-0.4, -0.2) is 17.2 Å². The number of Topliss-reactive ketones (excluding diaryl/α,β-unsaturated/α-hetero) is 1. The standard InChI is InChI=1S/C21H22N4O/c26-21-18-14-8-7-13-17(18)19(24-22-15-9-3-1-4-10-15)20(21)25-23-16-11-5-2-6-12-16/h1-6,9-12,17-18,22-23H,7-8,13-14H2/b24-19+,25-20-. The zero-order valence-electron chi connectivity index (χ0n) is 14.6. The second kappa shape index (κ2) is 7.52. The molecule has 2 aliphatic rings. The summed E-state index contributed by atoms with van der Waals surface area (Å²) in [4.78, 5) is 12.9. The van der Waals surface area contributed by atoms with Crippen molar-refractivity contribution >= 4 is 28.6 Å². The summed E-state index contributed by atoms with van der Waals surface area (Å²) in [5, 5.41) is 9.04. The molecule has 0 aliphatic heterocycles. The Bertz CT molecular complexity index is 830. The summed E-state index contributed by atoms with van der Waals surface area (Å²) in [6.45, 7) is 0. The predicted molar refractivity (Wildman–Crippen MR) is 105 cm³/mol. The van der Waals surface area contributed by atoms with Crippen LogP contribution in [0, 0.1) is 11.8 Å². The highest BCUT2D eigenvalue weighted by Gasteiger charge is 2.46. The van der Waals surface area contributed by atoms with E-state index in [0.717, 1.165) is 42.8 Å². The van der Waals surface area contributed by atoms with E-state index in [1.54, 1.807) is 0 Å². The quantitative estimate of drug-likeness (QED) is 0.811. The predicted octanol–water partition coefficient (Wildman–Crippen LogP) is 4.31. The highest BCUT2D eigenvalue weighted by atomic mass is 16.1. The molecule has 0 heterocycles. The highest BCUT2D eigenvalue weighted by molar-refractivity contribution is 6.71. The van der Waals surface area contributed by atoms with Crippen LogP contribution in [0.4, 0.5) is 11.4 Å². The Balaban J connectivity index is 1.63. The fourth-order valence-electron chi connectivity index (χ4n) is 3.77. The molecule has 0 bridgehead atoms. The number of hydrogen-bond acceptors (Lipinski definition) is 5. The van der Waals surface area contributed by atoms with E-state index in [1.807, 2.05) is 60.7 Å². The third kappa shape index (κ3) is 3.38. The van der Waals surface area contributed by atoms with E-state index in [9.17, 15) is 4.79 Å². The lowest BCUT2D eigenvalue weighted by atomic mass is 9.81. The first-order valence-corrected chi connectivity index (χ1v) is 9.15. The molecular formula is C21H22N4O. The molecule has 2 N–H and O–H groups in total. The number of benzene rings is 2. The average molecular weight is 346 g/mol. The molecule has 0 aromatic heterocycles. The maximum atomic E-state index is 12.9. The summed E-state index contributed by atoms with van der Waals surface area (Å²) in [7, 11) is 0. The molecule has 2 fully saturated rings. The van der Waals surface area contributed by atoms with Crippen molar-refractivity contribution < 1.29 is 4.79 Å². The largest absolute Gasteiger partial charge is 0.292 e. The van der Waals surface area contributed by atoms with Crippen LogP contribution >= 0.6 is 0 Å². The van der Waals surface area contributed by atoms with Crippen molar-refractivity contribution in [2.75, 3.05) is 10.9 Å². The summed E-state index contributed by atoms with van der Waals surface area (Å²) in [5.74, 6) is 0.312. The second-order valence-electron chi connectivity index (χ2n) is 6.77. The number of nitrogens with one attached hydrogen (secondary N) is 2. The van der Waals surface area contributed by atoms with Gasteiger partial charge in [0.05, 0.1) is 17.1 Å². The number of carbonyl (C=O) groups excluding carboxylic acids is 1. The summed E-state index contributed by atoms with van der Waals surface area (Å²) in [6.07, 6.45) is 4.16. The number of ketones is 1. The monoisotopic (exact) mass is 346 g/mol. The normalized spacial score (nSPS) is 25.3. The molecule has 4 rings (SSSR count). The maximum Gasteiger partial charge on any atom is 0.188 e. The van der Waals surface area contributed by atoms with Gasteiger partial charge >= 0.3 is 0 Å². The van der Waals surface area contributed by atoms with Gasteiger partial charge in [-0.1, -0.05) is 49.2 Å². The molecule has 2 saturated carbocycles. The fraction of sp³-hybridized carbons (Fsp3) is 0.286. The molecule has 2 atom stereocenters. The molecule has 2 aliphatic carbocycles. The van der Waals surface area contributed by atoms with E-state index in [-0.39, 0.29) is 17.6 Å². The zero-order chi connectivity index (χ0) is 17.8. The van der Waals surface area contributed by atoms with E-state index in [2.05, 4.69) is 21.1 Å². The lowest BCUT2D eigenvalue weighted by Crippen LogP contribution is -2.22. The summed E-state index contributed by atoms with van der Waals surface area (Å²) < 4.78 is 0. The third-order valence-corrected chi connectivity index (χ3v) is 5.08. The van der Waals surface area contributed by atoms with Gasteiger partial charge in [-0.05, 0) is 37.1 Å². The van der Waals surface area contributed by atoms with Crippen LogP contribution in [0.15, 0.2) is 70.9 Å². The van der Waals surface area contributed by atoms with Crippen molar-refractivity contribution in [2.45, 2.75) is 25.7 Å². The Kier molecular flexibility index (Phi) is 4.78. The number of hydrazone groups is 2. The minimum absolute atomic E-state index is 0.0244. The molecule has 2 unspecified atom stereocenters. The fourth-order valence-corrected chi connectivity index (χ4v) is 3.77. The average Bonchev–Trinajstić information content (AvgIpc) is 2.98. The van der Waals surface area contributed by atoms with E-state index < -0.39 is 0 Å². The first-order chi connectivity index (χ1) is 12.8. The van der Waals surface area contributed by atoms with Gasteiger partial charge in [0.25, 0.3) is 0 Å². The minimum Gasteiger partial charge on any atom is -0.292 e. The molecule has 5 heteroatoms. The number of anilines is 2. The van der Waals surface area contributed by atoms with Crippen molar-refractivity contribution in [1.82, 2.24) is 0 Å². The molecular weight excluding hydrogens is 324 g/mol. The van der Waals surface area contributed by atoms with Gasteiger partial charge in [-0.15, -0.1) is 0 Å². The zero-order valence-corrected chi connectivity index (χ0v) is 14.6. The lowest BCUT2D eigenvalue weighted by Gasteiger charge is -2.22. The van der Waals surface area contributed by atoms with Gasteiger partial charge in [0.1, 0.15) is 0 Å². The van der Waals surface area contributed by atoms with Crippen LogP contribution in [-0.2, 0) is 4.79 Å². The van der Waals surface area contributed by atoms with Crippen molar-refractivity contribution in [3.05, 3.63) is 60.7 Å². The molecule has 132 valence electrons. The van der Waals surface area contributed by atoms with Gasteiger partial charge in [-0.25, -0.2) is 0 Å². The molecule has 0 spiro atoms. The van der Waals surface area contributed by atoms with Crippen molar-refractivity contribution in [2.24, 2.45) is 22.0 Å². The molecule has 2 aromatic rings. The minimum atomic E-state index is 0.0244. The Morgan fingerprint density at radius 2 is 1.27 bits per heavy atom. The first kappa shape index (κ1) is 16.5. The Hall–Kier alpha value is -2.95. The van der Waals surface area contributed by atoms with E-state index in [4.69, 9.17) is 0 Å². The molecule has 0 amide bonds. The van der Waals surface area contributed by atoms with Crippen molar-refractivity contribution in [1.29, 1.82) is 0 Å². The number of para-hydroxylation sites is 2. The van der Waals surface area contributed by atoms with Crippen LogP contribution < -0.4 is 10.9 Å². The van der Waals surface area contributed by atoms with Crippen LogP contribution in [0.1, 0.15) is 25.7 Å². The van der Waals surface area contributed by atoms with Gasteiger partial charge < -0.3 is 0 Å². The Morgan fingerprint density at radius 1 is 0.731 bits per heavy atom. The van der Waals surface area contributed by atoms with Crippen LogP contribution in [0.3, 0.4) is 0 Å². The number of fused-ring (bicyclic) bond motifs is 1. The molecule has 0 radical (unpaired) electrons. The van der Waals surface area contributed by atoms with Gasteiger partial charge in [-0.3, -0.25) is 15.6 Å². The lowest BCUT2D eigenvalue weighted by molar-refractivity contribution is -0.117. The molecule has 26 heavy (non-hydrogen) atoms. The topological polar surface area (TPSA) is 65.8 Å². The number of carbonyl (C=O) groups is 1. The van der Waals surface area contributed by atoms with Gasteiger partial charge in [0.15, 0.2) is 11.5 Å². The maximum absolute atomic E-state index is 12.9. The summed E-state index contributed by atoms with van der Waals surface area (Å²) >= 11 is 0. The van der Waals surface area contributed by atoms with Gasteiger partial charge in [-0.2, -0.15) is 10.2 Å². The van der Waals surface area contributed by atoms with Crippen molar-refractivity contribution in [3.8, 4) is 0 Å². The number of nitrogens with zero attached hydrogens (tertiary/aromatic N) is 2. The molecule has 5 nitrogen and oxygen atoms in total. The van der Waals surface area contributed by atoms with Gasteiger partial charge in [0, 0.05) is 11.8 Å². The smallest absolute Gasteiger partial charge is 0.188 e. The Labute approximate surface area is 153 Å². The number of hydrogen-bond donors (Lipinski definition) is 2. The van der Waals surface area contributed by atoms with Crippen molar-refractivity contribution in [3.63, 3.8) is 0 Å². The third-order valence-electron chi connectivity index (χ3n) is 5.08. The van der Waals surface area contributed by atoms with Crippen LogP contribution in [0.5, 0.6) is 0 Å². The van der Waals surface area contributed by atoms with E-state index in [1.165, 1.54) is 0 Å². The highest BCUT2D eigenvalue weighted by Crippen LogP contribution is 2.37. The summed E-state index contributed by atoms with van der Waals surface area (Å²) in [6, 6.07) is 19.5. The van der Waals surface area contributed by atoms with Crippen LogP contribution in [0.2, 0.25) is 0 Å². The molecule has 2 aromatic carbocycles. The second-order valence-corrected chi connectivity index (χ2v) is 6.77. The van der Waals surface area contributed by atoms with E-state index in [0.29, 0.717) is 5.71 Å². The Morgan fingerprint density at radius 3 is 1.88 bits per heavy atom. The molecule has 0 saturated heterocycles. The SMILES string of the molecule is O=C1C(=N\Nc2ccccc2)/C(=N/Nc2ccccc2)C2CCCCC12. The summed E-state index contributed by atoms with van der Waals surface area (Å²) in [5.41, 5.74) is 9.12. The first-order valence-electron chi connectivity index (χ1n) is 9.15.